The second-order valence-electron chi connectivity index (χ2n) is 8.13. The van der Waals surface area contributed by atoms with Crippen LogP contribution in [0, 0.1) is 12.7 Å². The Kier molecular flexibility index (Phi) is 6.84. The Morgan fingerprint density at radius 2 is 1.90 bits per heavy atom. The van der Waals surface area contributed by atoms with Gasteiger partial charge in [-0.05, 0) is 47.7 Å². The summed E-state index contributed by atoms with van der Waals surface area (Å²) in [5.74, 6) is 6.56. The molecule has 0 aliphatic carbocycles. The van der Waals surface area contributed by atoms with Gasteiger partial charge >= 0.3 is 0 Å². The Bertz CT molecular complexity index is 1060. The number of halogens is 1. The Balaban J connectivity index is 1.52. The van der Waals surface area contributed by atoms with Crippen LogP contribution in [0.1, 0.15) is 37.7 Å². The second kappa shape index (κ2) is 9.38. The molecule has 164 valence electrons. The summed E-state index contributed by atoms with van der Waals surface area (Å²) in [6, 6.07) is 12.4. The summed E-state index contributed by atoms with van der Waals surface area (Å²) in [7, 11) is 0. The van der Waals surface area contributed by atoms with Crippen LogP contribution in [0.25, 0.3) is 0 Å². The second-order valence-corrected chi connectivity index (χ2v) is 9.08. The molecule has 31 heavy (non-hydrogen) atoms. The highest BCUT2D eigenvalue weighted by Gasteiger charge is 2.15. The first-order valence-electron chi connectivity index (χ1n) is 9.75. The van der Waals surface area contributed by atoms with Gasteiger partial charge in [0.05, 0.1) is 5.75 Å². The lowest BCUT2D eigenvalue weighted by atomic mass is 9.87. The third-order valence-electron chi connectivity index (χ3n) is 4.61. The highest BCUT2D eigenvalue weighted by atomic mass is 32.2. The van der Waals surface area contributed by atoms with Gasteiger partial charge in [-0.25, -0.2) is 9.07 Å². The smallest absolute Gasteiger partial charge is 0.234 e. The molecule has 3 rings (SSSR count). The van der Waals surface area contributed by atoms with Crippen LogP contribution in [0.5, 0.6) is 5.75 Å². The van der Waals surface area contributed by atoms with Crippen molar-refractivity contribution in [2.45, 2.75) is 44.9 Å². The van der Waals surface area contributed by atoms with E-state index in [9.17, 15) is 9.18 Å². The molecule has 0 saturated heterocycles. The number of nitrogens with two attached hydrogens (primary N) is 1. The molecule has 1 heterocycles. The van der Waals surface area contributed by atoms with Gasteiger partial charge in [0.1, 0.15) is 18.2 Å². The highest BCUT2D eigenvalue weighted by molar-refractivity contribution is 7.99. The van der Waals surface area contributed by atoms with E-state index < -0.39 is 0 Å². The maximum atomic E-state index is 13.6. The molecule has 1 aromatic heterocycles. The predicted octanol–water partition coefficient (Wildman–Crippen LogP) is 4.05. The van der Waals surface area contributed by atoms with E-state index in [1.54, 1.807) is 19.1 Å². The normalized spacial score (nSPS) is 11.4. The zero-order valence-electron chi connectivity index (χ0n) is 18.0. The van der Waals surface area contributed by atoms with Gasteiger partial charge in [-0.15, -0.1) is 10.2 Å². The van der Waals surface area contributed by atoms with Crippen molar-refractivity contribution in [2.75, 3.05) is 16.9 Å². The van der Waals surface area contributed by atoms with Crippen LogP contribution >= 0.6 is 11.8 Å². The van der Waals surface area contributed by atoms with Crippen molar-refractivity contribution in [1.82, 2.24) is 14.9 Å². The molecule has 0 aliphatic rings. The zero-order valence-corrected chi connectivity index (χ0v) is 18.8. The van der Waals surface area contributed by atoms with Crippen LogP contribution in [-0.2, 0) is 16.8 Å². The molecule has 7 nitrogen and oxygen atoms in total. The van der Waals surface area contributed by atoms with Gasteiger partial charge in [0, 0.05) is 5.69 Å². The molecule has 3 N–H and O–H groups in total. The number of carbonyl (C=O) groups is 1. The molecule has 0 saturated carbocycles. The number of aromatic nitrogens is 3. The maximum absolute atomic E-state index is 13.6. The number of nitrogens with zero attached hydrogens (tertiary/aromatic N) is 3. The maximum Gasteiger partial charge on any atom is 0.234 e. The molecule has 9 heteroatoms. The van der Waals surface area contributed by atoms with Crippen molar-refractivity contribution >= 4 is 23.4 Å². The average Bonchev–Trinajstić information content (AvgIpc) is 3.07. The number of thioether (sulfide) groups is 1. The quantitative estimate of drug-likeness (QED) is 0.423. The van der Waals surface area contributed by atoms with Gasteiger partial charge in [-0.2, -0.15) is 0 Å². The molecule has 0 spiro atoms. The number of rotatable bonds is 7. The first kappa shape index (κ1) is 22.6. The van der Waals surface area contributed by atoms with Gasteiger partial charge in [0.2, 0.25) is 11.1 Å². The molecule has 0 atom stereocenters. The van der Waals surface area contributed by atoms with E-state index in [1.807, 2.05) is 24.3 Å². The summed E-state index contributed by atoms with van der Waals surface area (Å²) in [6.07, 6.45) is 0. The molecule has 3 aromatic rings. The van der Waals surface area contributed by atoms with Crippen molar-refractivity contribution in [1.29, 1.82) is 0 Å². The van der Waals surface area contributed by atoms with Crippen LogP contribution in [-0.4, -0.2) is 26.5 Å². The van der Waals surface area contributed by atoms with E-state index in [-0.39, 0.29) is 29.5 Å². The van der Waals surface area contributed by atoms with Gasteiger partial charge < -0.3 is 15.9 Å². The standard InChI is InChI=1S/C22H26FN5O2S/c1-14-5-8-16(11-18(14)23)25-20(29)13-31-21-27-26-19(28(21)24)12-30-17-9-6-15(7-10-17)22(2,3)4/h5-11H,12-13,24H2,1-4H3,(H,25,29). The van der Waals surface area contributed by atoms with Crippen LogP contribution in [0.4, 0.5) is 10.1 Å². The zero-order chi connectivity index (χ0) is 22.6. The summed E-state index contributed by atoms with van der Waals surface area (Å²) in [4.78, 5) is 12.1. The number of ether oxygens (including phenoxy) is 1. The first-order chi connectivity index (χ1) is 14.6. The van der Waals surface area contributed by atoms with Gasteiger partial charge in [-0.1, -0.05) is 50.7 Å². The molecule has 0 aliphatic heterocycles. The fourth-order valence-electron chi connectivity index (χ4n) is 2.70. The summed E-state index contributed by atoms with van der Waals surface area (Å²) in [5.41, 5.74) is 2.20. The first-order valence-corrected chi connectivity index (χ1v) is 10.7. The van der Waals surface area contributed by atoms with Crippen molar-refractivity contribution in [3.8, 4) is 5.75 Å². The van der Waals surface area contributed by atoms with Gasteiger partial charge in [0.25, 0.3) is 0 Å². The minimum Gasteiger partial charge on any atom is -0.486 e. The number of hydrogen-bond donors (Lipinski definition) is 2. The van der Waals surface area contributed by atoms with E-state index in [0.29, 0.717) is 28.0 Å². The molecule has 2 aromatic carbocycles. The van der Waals surface area contributed by atoms with E-state index in [4.69, 9.17) is 10.6 Å². The number of carbonyl (C=O) groups excluding carboxylic acids is 1. The number of anilines is 1. The van der Waals surface area contributed by atoms with Crippen molar-refractivity contribution < 1.29 is 13.9 Å². The SMILES string of the molecule is Cc1ccc(NC(=O)CSc2nnc(COc3ccc(C(C)(C)C)cc3)n2N)cc1F. The van der Waals surface area contributed by atoms with Crippen LogP contribution in [0.3, 0.4) is 0 Å². The number of nitrogens with one attached hydrogen (secondary N) is 1. The lowest BCUT2D eigenvalue weighted by Crippen LogP contribution is -2.18. The van der Waals surface area contributed by atoms with Gasteiger partial charge in [-0.3, -0.25) is 4.79 Å². The van der Waals surface area contributed by atoms with Crippen molar-refractivity contribution in [3.05, 3.63) is 65.2 Å². The average molecular weight is 444 g/mol. The van der Waals surface area contributed by atoms with E-state index in [2.05, 4.69) is 36.3 Å². The Morgan fingerprint density at radius 3 is 2.55 bits per heavy atom. The fourth-order valence-corrected chi connectivity index (χ4v) is 3.38. The van der Waals surface area contributed by atoms with E-state index >= 15 is 0 Å². The Hall–Kier alpha value is -3.07. The van der Waals surface area contributed by atoms with Crippen molar-refractivity contribution in [3.63, 3.8) is 0 Å². The molecule has 0 bridgehead atoms. The Labute approximate surface area is 185 Å². The van der Waals surface area contributed by atoms with Crippen LogP contribution in [0.15, 0.2) is 47.6 Å². The van der Waals surface area contributed by atoms with Gasteiger partial charge in [0.15, 0.2) is 5.82 Å². The molecule has 1 amide bonds. The van der Waals surface area contributed by atoms with Crippen LogP contribution < -0.4 is 15.9 Å². The largest absolute Gasteiger partial charge is 0.486 e. The van der Waals surface area contributed by atoms with Crippen molar-refractivity contribution in [2.24, 2.45) is 0 Å². The minimum absolute atomic E-state index is 0.0555. The lowest BCUT2D eigenvalue weighted by Gasteiger charge is -2.19. The van der Waals surface area contributed by atoms with E-state index in [1.165, 1.54) is 16.3 Å². The topological polar surface area (TPSA) is 95.1 Å². The van der Waals surface area contributed by atoms with Crippen LogP contribution in [0.2, 0.25) is 0 Å². The number of nitrogen functional groups attached to an aromatic ring is 1. The fraction of sp³-hybridized carbons (Fsp3) is 0.318. The molecular weight excluding hydrogens is 417 g/mol. The molecule has 0 fully saturated rings. The number of aryl methyl sites for hydroxylation is 1. The predicted molar refractivity (Wildman–Crippen MR) is 120 cm³/mol. The van der Waals surface area contributed by atoms with E-state index in [0.717, 1.165) is 11.8 Å². The molecule has 0 radical (unpaired) electrons. The number of amides is 1. The summed E-state index contributed by atoms with van der Waals surface area (Å²) >= 11 is 1.13. The minimum atomic E-state index is -0.371. The molecule has 0 unspecified atom stereocenters. The number of hydrogen-bond acceptors (Lipinski definition) is 6. The Morgan fingerprint density at radius 1 is 1.19 bits per heavy atom. The monoisotopic (exact) mass is 443 g/mol. The lowest BCUT2D eigenvalue weighted by molar-refractivity contribution is -0.113. The molecular formula is C22H26FN5O2S. The summed E-state index contributed by atoms with van der Waals surface area (Å²) in [6.45, 7) is 8.26. The highest BCUT2D eigenvalue weighted by Crippen LogP contribution is 2.25. The third kappa shape index (κ3) is 5.97. The summed E-state index contributed by atoms with van der Waals surface area (Å²) in [5, 5.41) is 11.1. The summed E-state index contributed by atoms with van der Waals surface area (Å²) < 4.78 is 20.6. The third-order valence-corrected chi connectivity index (χ3v) is 5.55. The number of benzene rings is 2.